The minimum Gasteiger partial charge on any atom is -0.478 e. The van der Waals surface area contributed by atoms with E-state index >= 15 is 0 Å². The van der Waals surface area contributed by atoms with Crippen molar-refractivity contribution < 1.29 is 19.8 Å². The number of allylic oxidation sites excluding steroid dienone is 1. The predicted molar refractivity (Wildman–Crippen MR) is 64.6 cm³/mol. The smallest absolute Gasteiger partial charge is 0.333 e. The first-order valence-electron chi connectivity index (χ1n) is 5.60. The van der Waals surface area contributed by atoms with E-state index in [-0.39, 0.29) is 17.3 Å². The Labute approximate surface area is 105 Å². The number of fused-ring (bicyclic) bond motifs is 1. The molecule has 0 amide bonds. The van der Waals surface area contributed by atoms with Gasteiger partial charge in [0, 0.05) is 11.3 Å². The summed E-state index contributed by atoms with van der Waals surface area (Å²) >= 11 is 4.28. The molecule has 0 heterocycles. The van der Waals surface area contributed by atoms with Crippen molar-refractivity contribution in [2.24, 2.45) is 23.2 Å². The van der Waals surface area contributed by atoms with Gasteiger partial charge in [0.25, 0.3) is 0 Å². The number of carbonyl (C=O) groups excluding carboxylic acids is 1. The highest BCUT2D eigenvalue weighted by Crippen LogP contribution is 2.62. The van der Waals surface area contributed by atoms with Crippen molar-refractivity contribution in [1.82, 2.24) is 0 Å². The average molecular weight is 256 g/mol. The van der Waals surface area contributed by atoms with Crippen LogP contribution in [0.1, 0.15) is 20.8 Å². The van der Waals surface area contributed by atoms with Crippen molar-refractivity contribution in [1.29, 1.82) is 0 Å². The largest absolute Gasteiger partial charge is 0.478 e. The zero-order chi connectivity index (χ0) is 13.1. The van der Waals surface area contributed by atoms with Crippen molar-refractivity contribution in [2.75, 3.05) is 0 Å². The van der Waals surface area contributed by atoms with Gasteiger partial charge in [0.2, 0.25) is 0 Å². The van der Waals surface area contributed by atoms with E-state index in [0.29, 0.717) is 4.91 Å². The number of ketones is 1. The number of rotatable bonds is 2. The minimum atomic E-state index is -1.08. The Kier molecular flexibility index (Phi) is 2.67. The summed E-state index contributed by atoms with van der Waals surface area (Å²) in [7, 11) is 0. The van der Waals surface area contributed by atoms with Crippen molar-refractivity contribution in [3.8, 4) is 0 Å². The molecule has 4 nitrogen and oxygen atoms in total. The Morgan fingerprint density at radius 2 is 2.00 bits per heavy atom. The highest BCUT2D eigenvalue weighted by molar-refractivity contribution is 7.84. The van der Waals surface area contributed by atoms with Gasteiger partial charge in [0.15, 0.2) is 0 Å². The van der Waals surface area contributed by atoms with Crippen LogP contribution in [0, 0.1) is 23.2 Å². The normalized spacial score (nSPS) is 36.5. The van der Waals surface area contributed by atoms with Gasteiger partial charge in [-0.2, -0.15) is 0 Å². The number of hydrogen-bond acceptors (Lipinski definition) is 4. The van der Waals surface area contributed by atoms with E-state index in [1.807, 2.05) is 13.8 Å². The summed E-state index contributed by atoms with van der Waals surface area (Å²) in [4.78, 5) is 23.6. The standard InChI is InChI=1S/C12H16O4S/c1-4(13)5-8-6(9(5)14)7(11(15)16)10(17)12(8,2)3/h4-6,8,13,17H,1-3H3,(H,15,16)/t4-,5?,6?,8-/m1/s1. The number of thiol groups is 1. The molecule has 2 unspecified atom stereocenters. The van der Waals surface area contributed by atoms with Gasteiger partial charge in [-0.1, -0.05) is 13.8 Å². The quantitative estimate of drug-likeness (QED) is 0.647. The van der Waals surface area contributed by atoms with Gasteiger partial charge in [0.1, 0.15) is 5.78 Å². The minimum absolute atomic E-state index is 0.116. The van der Waals surface area contributed by atoms with Crippen LogP contribution in [0.3, 0.4) is 0 Å². The Hall–Kier alpha value is -0.810. The van der Waals surface area contributed by atoms with Crippen LogP contribution in [0.4, 0.5) is 0 Å². The number of Topliss-reactive ketones (excluding diaryl/α,β-unsaturated/α-hetero) is 1. The fraction of sp³-hybridized carbons (Fsp3) is 0.667. The molecule has 2 N–H and O–H groups in total. The molecule has 1 fully saturated rings. The zero-order valence-corrected chi connectivity index (χ0v) is 10.9. The summed E-state index contributed by atoms with van der Waals surface area (Å²) in [6, 6.07) is 0. The molecular formula is C12H16O4S. The lowest BCUT2D eigenvalue weighted by Gasteiger charge is -2.47. The molecule has 0 aromatic heterocycles. The van der Waals surface area contributed by atoms with Gasteiger partial charge in [-0.15, -0.1) is 12.6 Å². The Bertz CT molecular complexity index is 436. The fourth-order valence-electron chi connectivity index (χ4n) is 3.26. The second-order valence-electron chi connectivity index (χ2n) is 5.46. The van der Waals surface area contributed by atoms with Crippen LogP contribution >= 0.6 is 12.6 Å². The monoisotopic (exact) mass is 256 g/mol. The van der Waals surface area contributed by atoms with E-state index in [9.17, 15) is 14.7 Å². The van der Waals surface area contributed by atoms with Crippen molar-refractivity contribution >= 4 is 24.4 Å². The molecule has 2 aliphatic carbocycles. The van der Waals surface area contributed by atoms with E-state index in [4.69, 9.17) is 5.11 Å². The lowest BCUT2D eigenvalue weighted by molar-refractivity contribution is -0.154. The van der Waals surface area contributed by atoms with Gasteiger partial charge in [-0.25, -0.2) is 4.79 Å². The molecule has 1 saturated carbocycles. The van der Waals surface area contributed by atoms with Gasteiger partial charge in [-0.3, -0.25) is 4.79 Å². The van der Waals surface area contributed by atoms with E-state index in [2.05, 4.69) is 12.6 Å². The van der Waals surface area contributed by atoms with Crippen molar-refractivity contribution in [3.05, 3.63) is 10.5 Å². The molecule has 0 bridgehead atoms. The summed E-state index contributed by atoms with van der Waals surface area (Å²) in [5.41, 5.74) is -0.345. The van der Waals surface area contributed by atoms with Crippen LogP contribution in [0.25, 0.3) is 0 Å². The summed E-state index contributed by atoms with van der Waals surface area (Å²) in [6.07, 6.45) is -0.739. The molecule has 0 radical (unpaired) electrons. The van der Waals surface area contributed by atoms with Crippen LogP contribution in [0.15, 0.2) is 10.5 Å². The molecular weight excluding hydrogens is 240 g/mol. The second kappa shape index (κ2) is 3.59. The van der Waals surface area contributed by atoms with Crippen LogP contribution in [0.5, 0.6) is 0 Å². The number of carbonyl (C=O) groups is 2. The first-order valence-corrected chi connectivity index (χ1v) is 6.04. The van der Waals surface area contributed by atoms with E-state index in [1.54, 1.807) is 6.92 Å². The molecule has 0 spiro atoms. The van der Waals surface area contributed by atoms with Crippen molar-refractivity contribution in [2.45, 2.75) is 26.9 Å². The Morgan fingerprint density at radius 3 is 2.41 bits per heavy atom. The number of aliphatic carboxylic acids is 1. The highest BCUT2D eigenvalue weighted by atomic mass is 32.1. The number of aliphatic hydroxyl groups excluding tert-OH is 1. The van der Waals surface area contributed by atoms with Gasteiger partial charge in [-0.05, 0) is 17.7 Å². The number of hydrogen-bond donors (Lipinski definition) is 3. The maximum atomic E-state index is 11.9. The first-order chi connectivity index (χ1) is 7.71. The molecule has 4 atom stereocenters. The van der Waals surface area contributed by atoms with Crippen LogP contribution in [0.2, 0.25) is 0 Å². The second-order valence-corrected chi connectivity index (χ2v) is 5.91. The third-order valence-electron chi connectivity index (χ3n) is 4.14. The fourth-order valence-corrected chi connectivity index (χ4v) is 3.65. The number of carboxylic acids is 1. The molecule has 17 heavy (non-hydrogen) atoms. The lowest BCUT2D eigenvalue weighted by atomic mass is 9.55. The van der Waals surface area contributed by atoms with Crippen molar-refractivity contribution in [3.63, 3.8) is 0 Å². The summed E-state index contributed by atoms with van der Waals surface area (Å²) < 4.78 is 0. The van der Waals surface area contributed by atoms with E-state index < -0.39 is 29.3 Å². The Balaban J connectivity index is 2.47. The summed E-state index contributed by atoms with van der Waals surface area (Å²) in [5, 5.41) is 18.8. The summed E-state index contributed by atoms with van der Waals surface area (Å²) in [5.74, 6) is -2.44. The third kappa shape index (κ3) is 1.42. The van der Waals surface area contributed by atoms with Gasteiger partial charge < -0.3 is 10.2 Å². The predicted octanol–water partition coefficient (Wildman–Crippen LogP) is 1.11. The van der Waals surface area contributed by atoms with E-state index in [0.717, 1.165) is 0 Å². The zero-order valence-electron chi connectivity index (χ0n) is 9.97. The molecule has 0 aliphatic heterocycles. The average Bonchev–Trinajstić information content (AvgIpc) is 2.34. The van der Waals surface area contributed by atoms with Crippen LogP contribution in [-0.2, 0) is 9.59 Å². The van der Waals surface area contributed by atoms with Gasteiger partial charge >= 0.3 is 5.97 Å². The lowest BCUT2D eigenvalue weighted by Crippen LogP contribution is -2.55. The molecule has 2 aliphatic rings. The Morgan fingerprint density at radius 1 is 1.47 bits per heavy atom. The van der Waals surface area contributed by atoms with Gasteiger partial charge in [0.05, 0.1) is 17.6 Å². The molecule has 0 aromatic rings. The number of carboxylic acid groups (broad SMARTS) is 1. The van der Waals surface area contributed by atoms with Crippen LogP contribution < -0.4 is 0 Å². The third-order valence-corrected chi connectivity index (χ3v) is 4.96. The first kappa shape index (κ1) is 12.6. The maximum Gasteiger partial charge on any atom is 0.333 e. The molecule has 5 heteroatoms. The molecule has 94 valence electrons. The topological polar surface area (TPSA) is 74.6 Å². The molecule has 0 aromatic carbocycles. The maximum absolute atomic E-state index is 11.9. The number of aliphatic hydroxyl groups is 1. The highest BCUT2D eigenvalue weighted by Gasteiger charge is 2.65. The SMILES string of the molecule is C[C@@H](O)C1C(=O)C2C(C(=O)O)=C(S)C(C)(C)[C@@H]21. The molecule has 0 saturated heterocycles. The molecule has 2 rings (SSSR count). The van der Waals surface area contributed by atoms with Crippen LogP contribution in [-0.4, -0.2) is 28.1 Å². The van der Waals surface area contributed by atoms with E-state index in [1.165, 1.54) is 0 Å². The summed E-state index contributed by atoms with van der Waals surface area (Å²) in [6.45, 7) is 5.33.